The highest BCUT2D eigenvalue weighted by molar-refractivity contribution is 5.81. The van der Waals surface area contributed by atoms with Crippen LogP contribution in [0.4, 0.5) is 0 Å². The zero-order chi connectivity index (χ0) is 13.3. The second-order valence-electron chi connectivity index (χ2n) is 6.40. The van der Waals surface area contributed by atoms with Crippen LogP contribution in [0.2, 0.25) is 0 Å². The van der Waals surface area contributed by atoms with Crippen molar-refractivity contribution in [1.82, 2.24) is 10.2 Å². The largest absolute Gasteiger partial charge is 0.354 e. The second-order valence-corrected chi connectivity index (χ2v) is 6.40. The molecule has 3 atom stereocenters. The van der Waals surface area contributed by atoms with Gasteiger partial charge in [0.15, 0.2) is 0 Å². The van der Waals surface area contributed by atoms with Gasteiger partial charge < -0.3 is 16.0 Å². The van der Waals surface area contributed by atoms with Crippen molar-refractivity contribution in [3.8, 4) is 0 Å². The van der Waals surface area contributed by atoms with E-state index in [4.69, 9.17) is 5.73 Å². The van der Waals surface area contributed by atoms with Crippen LogP contribution in [0.25, 0.3) is 0 Å². The van der Waals surface area contributed by atoms with Crippen LogP contribution < -0.4 is 11.1 Å². The number of rotatable bonds is 4. The molecule has 3 unspecified atom stereocenters. The Bertz CT molecular complexity index is 291. The van der Waals surface area contributed by atoms with Crippen molar-refractivity contribution in [2.45, 2.75) is 57.7 Å². The summed E-state index contributed by atoms with van der Waals surface area (Å²) in [6.45, 7) is 4.78. The molecule has 2 aliphatic rings. The van der Waals surface area contributed by atoms with Crippen LogP contribution in [-0.2, 0) is 4.79 Å². The molecule has 4 heteroatoms. The van der Waals surface area contributed by atoms with Crippen LogP contribution in [0.5, 0.6) is 0 Å². The van der Waals surface area contributed by atoms with E-state index >= 15 is 0 Å². The second kappa shape index (κ2) is 5.57. The number of hydrogen-bond acceptors (Lipinski definition) is 3. The lowest BCUT2D eigenvalue weighted by molar-refractivity contribution is -0.123. The van der Waals surface area contributed by atoms with E-state index in [2.05, 4.69) is 17.3 Å². The molecule has 0 aliphatic carbocycles. The van der Waals surface area contributed by atoms with Gasteiger partial charge in [0, 0.05) is 18.6 Å². The Hall–Kier alpha value is -0.610. The minimum absolute atomic E-state index is 0.0104. The predicted molar refractivity (Wildman–Crippen MR) is 73.1 cm³/mol. The Morgan fingerprint density at radius 2 is 1.89 bits per heavy atom. The molecule has 104 valence electrons. The van der Waals surface area contributed by atoms with Gasteiger partial charge in [0.05, 0.1) is 6.04 Å². The van der Waals surface area contributed by atoms with Crippen LogP contribution in [0, 0.1) is 11.8 Å². The van der Waals surface area contributed by atoms with Crippen molar-refractivity contribution in [2.24, 2.45) is 17.6 Å². The number of carbonyl (C=O) groups is 1. The number of nitrogens with one attached hydrogen (secondary N) is 1. The van der Waals surface area contributed by atoms with Gasteiger partial charge in [0.25, 0.3) is 0 Å². The van der Waals surface area contributed by atoms with E-state index in [1.807, 2.05) is 13.8 Å². The summed E-state index contributed by atoms with van der Waals surface area (Å²) in [5.41, 5.74) is 5.84. The van der Waals surface area contributed by atoms with Crippen molar-refractivity contribution in [1.29, 1.82) is 0 Å². The lowest BCUT2D eigenvalue weighted by Crippen LogP contribution is -2.48. The molecule has 2 aliphatic heterocycles. The molecule has 18 heavy (non-hydrogen) atoms. The average molecular weight is 253 g/mol. The maximum Gasteiger partial charge on any atom is 0.237 e. The summed E-state index contributed by atoms with van der Waals surface area (Å²) in [5, 5.41) is 3.03. The van der Waals surface area contributed by atoms with Gasteiger partial charge in [-0.25, -0.2) is 0 Å². The Morgan fingerprint density at radius 3 is 2.39 bits per heavy atom. The van der Waals surface area contributed by atoms with Gasteiger partial charge >= 0.3 is 0 Å². The fraction of sp³-hybridized carbons (Fsp3) is 0.929. The minimum atomic E-state index is -0.368. The first-order valence-electron chi connectivity index (χ1n) is 7.24. The van der Waals surface area contributed by atoms with Crippen molar-refractivity contribution < 1.29 is 4.79 Å². The zero-order valence-corrected chi connectivity index (χ0v) is 11.9. The van der Waals surface area contributed by atoms with Gasteiger partial charge in [-0.05, 0) is 44.6 Å². The Kier molecular flexibility index (Phi) is 4.28. The van der Waals surface area contributed by atoms with Gasteiger partial charge in [-0.2, -0.15) is 0 Å². The summed E-state index contributed by atoms with van der Waals surface area (Å²) in [4.78, 5) is 14.3. The number of piperidine rings is 1. The molecule has 0 aromatic heterocycles. The molecule has 2 fully saturated rings. The highest BCUT2D eigenvalue weighted by Gasteiger charge is 2.38. The highest BCUT2D eigenvalue weighted by atomic mass is 16.2. The van der Waals surface area contributed by atoms with Gasteiger partial charge in [-0.15, -0.1) is 0 Å². The Labute approximate surface area is 110 Å². The molecule has 1 amide bonds. The predicted octanol–water partition coefficient (Wildman–Crippen LogP) is 0.959. The van der Waals surface area contributed by atoms with E-state index in [-0.39, 0.29) is 17.9 Å². The molecule has 0 spiro atoms. The summed E-state index contributed by atoms with van der Waals surface area (Å²) in [6, 6.07) is 1.11. The van der Waals surface area contributed by atoms with Gasteiger partial charge in [-0.3, -0.25) is 4.79 Å². The van der Waals surface area contributed by atoms with Gasteiger partial charge in [-0.1, -0.05) is 13.8 Å². The molecular weight excluding hydrogens is 226 g/mol. The highest BCUT2D eigenvalue weighted by Crippen LogP contribution is 2.36. The number of amides is 1. The normalized spacial score (nSPS) is 33.7. The summed E-state index contributed by atoms with van der Waals surface area (Å²) in [5.74, 6) is 0.858. The third-order valence-corrected chi connectivity index (χ3v) is 4.78. The summed E-state index contributed by atoms with van der Waals surface area (Å²) < 4.78 is 0. The minimum Gasteiger partial charge on any atom is -0.354 e. The standard InChI is InChI=1S/C14H27N3O/c1-9(2)13(15)14(18)16-8-10-6-11-4-5-12(7-10)17(11)3/h9-13H,4-8,15H2,1-3H3,(H,16,18). The molecule has 3 N–H and O–H groups in total. The van der Waals surface area contributed by atoms with Crippen LogP contribution >= 0.6 is 0 Å². The number of fused-ring (bicyclic) bond motifs is 2. The fourth-order valence-corrected chi connectivity index (χ4v) is 3.36. The van der Waals surface area contributed by atoms with Crippen LogP contribution in [0.3, 0.4) is 0 Å². The van der Waals surface area contributed by atoms with Crippen molar-refractivity contribution in [3.05, 3.63) is 0 Å². The lowest BCUT2D eigenvalue weighted by Gasteiger charge is -2.36. The van der Waals surface area contributed by atoms with E-state index in [1.54, 1.807) is 0 Å². The fourth-order valence-electron chi connectivity index (χ4n) is 3.36. The third kappa shape index (κ3) is 2.86. The van der Waals surface area contributed by atoms with Crippen LogP contribution in [0.1, 0.15) is 39.5 Å². The lowest BCUT2D eigenvalue weighted by atomic mass is 9.91. The van der Waals surface area contributed by atoms with Crippen molar-refractivity contribution in [3.63, 3.8) is 0 Å². The number of nitrogens with zero attached hydrogens (tertiary/aromatic N) is 1. The van der Waals surface area contributed by atoms with E-state index in [1.165, 1.54) is 25.7 Å². The SMILES string of the molecule is CC(C)C(N)C(=O)NCC1CC2CCC(C1)N2C. The summed E-state index contributed by atoms with van der Waals surface area (Å²) >= 11 is 0. The van der Waals surface area contributed by atoms with Gasteiger partial charge in [0.2, 0.25) is 5.91 Å². The summed E-state index contributed by atoms with van der Waals surface area (Å²) in [7, 11) is 2.24. The molecule has 2 rings (SSSR count). The van der Waals surface area contributed by atoms with Gasteiger partial charge in [0.1, 0.15) is 0 Å². The van der Waals surface area contributed by atoms with Crippen LogP contribution in [0.15, 0.2) is 0 Å². The zero-order valence-electron chi connectivity index (χ0n) is 11.9. The molecule has 0 aromatic carbocycles. The topological polar surface area (TPSA) is 58.4 Å². The number of nitrogens with two attached hydrogens (primary N) is 1. The van der Waals surface area contributed by atoms with E-state index in [0.29, 0.717) is 5.92 Å². The number of hydrogen-bond donors (Lipinski definition) is 2. The van der Waals surface area contributed by atoms with E-state index in [0.717, 1.165) is 18.6 Å². The number of carbonyl (C=O) groups excluding carboxylic acids is 1. The maximum atomic E-state index is 11.8. The van der Waals surface area contributed by atoms with Crippen molar-refractivity contribution >= 4 is 5.91 Å². The molecule has 4 nitrogen and oxygen atoms in total. The Balaban J connectivity index is 1.77. The van der Waals surface area contributed by atoms with Crippen molar-refractivity contribution in [2.75, 3.05) is 13.6 Å². The molecule has 0 saturated carbocycles. The molecule has 0 aromatic rings. The third-order valence-electron chi connectivity index (χ3n) is 4.78. The first-order chi connectivity index (χ1) is 8.49. The summed E-state index contributed by atoms with van der Waals surface area (Å²) in [6.07, 6.45) is 5.11. The quantitative estimate of drug-likeness (QED) is 0.784. The first kappa shape index (κ1) is 13.8. The van der Waals surface area contributed by atoms with Crippen LogP contribution in [-0.4, -0.2) is 42.5 Å². The monoisotopic (exact) mass is 253 g/mol. The first-order valence-corrected chi connectivity index (χ1v) is 7.24. The molecular formula is C14H27N3O. The maximum absolute atomic E-state index is 11.8. The van der Waals surface area contributed by atoms with E-state index in [9.17, 15) is 4.79 Å². The molecule has 2 saturated heterocycles. The smallest absolute Gasteiger partial charge is 0.237 e. The van der Waals surface area contributed by atoms with E-state index < -0.39 is 0 Å². The molecule has 0 radical (unpaired) electrons. The molecule has 2 heterocycles. The molecule has 2 bridgehead atoms. The average Bonchev–Trinajstić information content (AvgIpc) is 2.56. The Morgan fingerprint density at radius 1 is 1.33 bits per heavy atom.